The zero-order chi connectivity index (χ0) is 21.6. The lowest BCUT2D eigenvalue weighted by Crippen LogP contribution is -2.47. The van der Waals surface area contributed by atoms with Crippen molar-refractivity contribution in [2.45, 2.75) is 12.8 Å². The third kappa shape index (κ3) is 4.75. The molecule has 1 N–H and O–H groups in total. The minimum absolute atomic E-state index is 0.00134. The summed E-state index contributed by atoms with van der Waals surface area (Å²) in [6.07, 6.45) is 4.97. The molecule has 1 saturated heterocycles. The summed E-state index contributed by atoms with van der Waals surface area (Å²) in [6, 6.07) is 16.0. The first-order valence-electron chi connectivity index (χ1n) is 10.7. The average Bonchev–Trinajstić information content (AvgIpc) is 2.84. The number of nitrogens with zero attached hydrogens (tertiary/aromatic N) is 1. The van der Waals surface area contributed by atoms with Gasteiger partial charge in [-0.1, -0.05) is 54.6 Å². The summed E-state index contributed by atoms with van der Waals surface area (Å²) in [4.78, 5) is 41.1. The lowest BCUT2D eigenvalue weighted by atomic mass is 9.81. The van der Waals surface area contributed by atoms with Crippen LogP contribution in [0.3, 0.4) is 0 Å². The number of amides is 2. The molecule has 1 aliphatic carbocycles. The largest absolute Gasteiger partial charge is 0.378 e. The van der Waals surface area contributed by atoms with Gasteiger partial charge in [0.25, 0.3) is 0 Å². The second kappa shape index (κ2) is 9.71. The monoisotopic (exact) mass is 418 g/mol. The van der Waals surface area contributed by atoms with Gasteiger partial charge in [-0.05, 0) is 25.0 Å². The van der Waals surface area contributed by atoms with Gasteiger partial charge in [-0.3, -0.25) is 14.4 Å². The van der Waals surface area contributed by atoms with Gasteiger partial charge in [-0.15, -0.1) is 0 Å². The van der Waals surface area contributed by atoms with Crippen molar-refractivity contribution in [2.24, 2.45) is 11.8 Å². The van der Waals surface area contributed by atoms with Crippen LogP contribution in [0.15, 0.2) is 66.7 Å². The van der Waals surface area contributed by atoms with Gasteiger partial charge in [-0.25, -0.2) is 0 Å². The fourth-order valence-electron chi connectivity index (χ4n) is 4.16. The van der Waals surface area contributed by atoms with Gasteiger partial charge in [0.15, 0.2) is 5.78 Å². The minimum Gasteiger partial charge on any atom is -0.378 e. The number of carbonyl (C=O) groups excluding carboxylic acids is 3. The highest BCUT2D eigenvalue weighted by atomic mass is 16.5. The number of hydrogen-bond donors (Lipinski definition) is 1. The first-order chi connectivity index (χ1) is 15.1. The summed E-state index contributed by atoms with van der Waals surface area (Å²) >= 11 is 0. The lowest BCUT2D eigenvalue weighted by Gasteiger charge is -2.34. The Morgan fingerprint density at radius 1 is 0.839 bits per heavy atom. The smallest absolute Gasteiger partial charge is 0.228 e. The van der Waals surface area contributed by atoms with Gasteiger partial charge in [0.05, 0.1) is 30.7 Å². The number of ketones is 1. The van der Waals surface area contributed by atoms with Crippen LogP contribution >= 0.6 is 0 Å². The molecule has 2 amide bonds. The van der Waals surface area contributed by atoms with E-state index in [9.17, 15) is 14.4 Å². The van der Waals surface area contributed by atoms with Crippen molar-refractivity contribution in [3.05, 3.63) is 77.9 Å². The van der Waals surface area contributed by atoms with Crippen molar-refractivity contribution < 1.29 is 19.1 Å². The number of morpholine rings is 1. The first-order valence-corrected chi connectivity index (χ1v) is 10.7. The standard InChI is InChI=1S/C25H26N2O4/c28-23(18-8-2-1-3-9-18)21-12-6-7-13-22(21)26-24(29)19-10-4-5-11-20(19)25(30)27-14-16-31-17-15-27/h1-9,12-13,19-20H,10-11,14-17H2,(H,26,29). The summed E-state index contributed by atoms with van der Waals surface area (Å²) in [7, 11) is 0. The second-order valence-electron chi connectivity index (χ2n) is 7.82. The maximum atomic E-state index is 13.2. The van der Waals surface area contributed by atoms with Gasteiger partial charge >= 0.3 is 0 Å². The number of rotatable bonds is 5. The second-order valence-corrected chi connectivity index (χ2v) is 7.82. The van der Waals surface area contributed by atoms with Crippen molar-refractivity contribution in [1.29, 1.82) is 0 Å². The van der Waals surface area contributed by atoms with Crippen LogP contribution in [-0.4, -0.2) is 48.8 Å². The first kappa shape index (κ1) is 21.0. The third-order valence-electron chi connectivity index (χ3n) is 5.87. The van der Waals surface area contributed by atoms with E-state index in [4.69, 9.17) is 4.74 Å². The van der Waals surface area contributed by atoms with E-state index in [1.54, 1.807) is 41.3 Å². The number of ether oxygens (including phenoxy) is 1. The molecule has 6 nitrogen and oxygen atoms in total. The van der Waals surface area contributed by atoms with Crippen LogP contribution in [0.2, 0.25) is 0 Å². The zero-order valence-corrected chi connectivity index (χ0v) is 17.3. The summed E-state index contributed by atoms with van der Waals surface area (Å²) in [6.45, 7) is 2.17. The molecule has 2 unspecified atom stereocenters. The molecule has 0 aromatic heterocycles. The molecule has 0 spiro atoms. The fraction of sp³-hybridized carbons (Fsp3) is 0.320. The number of carbonyl (C=O) groups is 3. The van der Waals surface area contributed by atoms with Crippen LogP contribution in [0.1, 0.15) is 28.8 Å². The van der Waals surface area contributed by atoms with Crippen molar-refractivity contribution in [2.75, 3.05) is 31.6 Å². The molecule has 2 aromatic carbocycles. The van der Waals surface area contributed by atoms with E-state index in [0.29, 0.717) is 56.0 Å². The molecule has 4 rings (SSSR count). The molecule has 0 bridgehead atoms. The Hall–Kier alpha value is -3.25. The van der Waals surface area contributed by atoms with Crippen molar-refractivity contribution >= 4 is 23.3 Å². The number of anilines is 1. The summed E-state index contributed by atoms with van der Waals surface area (Å²) in [5, 5.41) is 2.93. The topological polar surface area (TPSA) is 75.7 Å². The maximum Gasteiger partial charge on any atom is 0.228 e. The SMILES string of the molecule is O=C(c1ccccc1)c1ccccc1NC(=O)C1CC=CCC1C(=O)N1CCOCC1. The number of para-hydroxylation sites is 1. The van der Waals surface area contributed by atoms with Crippen LogP contribution in [-0.2, 0) is 14.3 Å². The summed E-state index contributed by atoms with van der Waals surface area (Å²) in [5.41, 5.74) is 1.46. The van der Waals surface area contributed by atoms with Crippen molar-refractivity contribution in [1.82, 2.24) is 4.90 Å². The maximum absolute atomic E-state index is 13.2. The number of allylic oxidation sites excluding steroid dienone is 2. The van der Waals surface area contributed by atoms with Crippen LogP contribution in [0.25, 0.3) is 0 Å². The highest BCUT2D eigenvalue weighted by Gasteiger charge is 2.37. The molecule has 1 heterocycles. The lowest BCUT2D eigenvalue weighted by molar-refractivity contribution is -0.144. The number of hydrogen-bond acceptors (Lipinski definition) is 4. The molecular formula is C25H26N2O4. The molecule has 1 aliphatic heterocycles. The highest BCUT2D eigenvalue weighted by Crippen LogP contribution is 2.30. The predicted octanol–water partition coefficient (Wildman–Crippen LogP) is 3.30. The highest BCUT2D eigenvalue weighted by molar-refractivity contribution is 6.14. The van der Waals surface area contributed by atoms with Crippen LogP contribution < -0.4 is 5.32 Å². The third-order valence-corrected chi connectivity index (χ3v) is 5.87. The minimum atomic E-state index is -0.472. The Morgan fingerprint density at radius 3 is 2.23 bits per heavy atom. The van der Waals surface area contributed by atoms with Crippen LogP contribution in [0.5, 0.6) is 0 Å². The molecular weight excluding hydrogens is 392 g/mol. The van der Waals surface area contributed by atoms with E-state index in [1.807, 2.05) is 30.4 Å². The predicted molar refractivity (Wildman–Crippen MR) is 118 cm³/mol. The molecule has 6 heteroatoms. The molecule has 0 saturated carbocycles. The van der Waals surface area contributed by atoms with E-state index in [-0.39, 0.29) is 17.6 Å². The number of benzene rings is 2. The zero-order valence-electron chi connectivity index (χ0n) is 17.3. The summed E-state index contributed by atoms with van der Waals surface area (Å²) < 4.78 is 5.34. The Morgan fingerprint density at radius 2 is 1.48 bits per heavy atom. The van der Waals surface area contributed by atoms with Gasteiger partial charge in [0.2, 0.25) is 11.8 Å². The van der Waals surface area contributed by atoms with E-state index < -0.39 is 11.8 Å². The number of nitrogens with one attached hydrogen (secondary N) is 1. The molecule has 2 atom stereocenters. The Balaban J connectivity index is 1.53. The van der Waals surface area contributed by atoms with Crippen molar-refractivity contribution in [3.8, 4) is 0 Å². The molecule has 1 fully saturated rings. The molecule has 2 aliphatic rings. The van der Waals surface area contributed by atoms with Gasteiger partial charge < -0.3 is 15.0 Å². The van der Waals surface area contributed by atoms with Crippen molar-refractivity contribution in [3.63, 3.8) is 0 Å². The molecule has 2 aromatic rings. The summed E-state index contributed by atoms with van der Waals surface area (Å²) in [5.74, 6) is -1.26. The fourth-order valence-corrected chi connectivity index (χ4v) is 4.16. The van der Waals surface area contributed by atoms with E-state index in [1.165, 1.54) is 0 Å². The normalized spacial score (nSPS) is 20.8. The molecule has 31 heavy (non-hydrogen) atoms. The van der Waals surface area contributed by atoms with Gasteiger partial charge in [0, 0.05) is 24.2 Å². The average molecular weight is 418 g/mol. The van der Waals surface area contributed by atoms with Gasteiger partial charge in [0.1, 0.15) is 0 Å². The van der Waals surface area contributed by atoms with E-state index >= 15 is 0 Å². The Labute approximate surface area is 181 Å². The van der Waals surface area contributed by atoms with Crippen LogP contribution in [0.4, 0.5) is 5.69 Å². The van der Waals surface area contributed by atoms with Gasteiger partial charge in [-0.2, -0.15) is 0 Å². The molecule has 160 valence electrons. The van der Waals surface area contributed by atoms with Crippen LogP contribution in [0, 0.1) is 11.8 Å². The molecule has 0 radical (unpaired) electrons. The Kier molecular flexibility index (Phi) is 6.57. The van der Waals surface area contributed by atoms with E-state index in [2.05, 4.69) is 5.32 Å². The Bertz CT molecular complexity index is 980. The van der Waals surface area contributed by atoms with E-state index in [0.717, 1.165) is 0 Å². The quantitative estimate of drug-likeness (QED) is 0.597.